The normalized spacial score (nSPS) is 23.2. The van der Waals surface area contributed by atoms with Gasteiger partial charge in [0, 0.05) is 16.6 Å². The van der Waals surface area contributed by atoms with Gasteiger partial charge in [-0.05, 0) is 55.5 Å². The van der Waals surface area contributed by atoms with Crippen molar-refractivity contribution < 1.29 is 22.8 Å². The first-order valence-electron chi connectivity index (χ1n) is 9.89. The molecule has 1 heterocycles. The second kappa shape index (κ2) is 8.30. The number of likely N-dealkylation sites (tertiary alicyclic amines) is 1. The summed E-state index contributed by atoms with van der Waals surface area (Å²) >= 11 is 6.03. The van der Waals surface area contributed by atoms with Gasteiger partial charge in [0.05, 0.1) is 5.69 Å². The molecular weight excluding hydrogens is 417 g/mol. The standard InChI is InChI=1S/C22H20ClF3N2O2/c23-14-6-3-5-13(10-14)22(30)28-17-7-2-1-4-12(17)11-18(28)21(29)27-16-9-8-15(24)19(25)20(16)26/h3,5-6,8-10,12,17-18H,1-2,4,7,11H2,(H,27,29)/t12-,17+,18-/m0/s1. The zero-order valence-corrected chi connectivity index (χ0v) is 16.8. The molecule has 2 amide bonds. The highest BCUT2D eigenvalue weighted by atomic mass is 35.5. The highest BCUT2D eigenvalue weighted by molar-refractivity contribution is 6.31. The van der Waals surface area contributed by atoms with Crippen LogP contribution in [0.5, 0.6) is 0 Å². The molecule has 0 unspecified atom stereocenters. The first kappa shape index (κ1) is 20.7. The minimum Gasteiger partial charge on any atom is -0.323 e. The molecule has 1 aliphatic carbocycles. The molecule has 0 radical (unpaired) electrons. The maximum atomic E-state index is 14.0. The lowest BCUT2D eigenvalue weighted by Gasteiger charge is -2.33. The summed E-state index contributed by atoms with van der Waals surface area (Å²) in [6.07, 6.45) is 4.08. The van der Waals surface area contributed by atoms with Gasteiger partial charge in [0.1, 0.15) is 6.04 Å². The highest BCUT2D eigenvalue weighted by Crippen LogP contribution is 2.41. The van der Waals surface area contributed by atoms with Gasteiger partial charge in [-0.2, -0.15) is 0 Å². The number of fused-ring (bicyclic) bond motifs is 1. The summed E-state index contributed by atoms with van der Waals surface area (Å²) in [5.41, 5.74) is -0.0885. The molecule has 0 spiro atoms. The van der Waals surface area contributed by atoms with Crippen LogP contribution in [0.2, 0.25) is 5.02 Å². The number of benzene rings is 2. The number of carbonyl (C=O) groups excluding carboxylic acids is 2. The summed E-state index contributed by atoms with van der Waals surface area (Å²) in [6.45, 7) is 0. The Kier molecular flexibility index (Phi) is 5.73. The Morgan fingerprint density at radius 2 is 1.80 bits per heavy atom. The van der Waals surface area contributed by atoms with Crippen molar-refractivity contribution in [3.05, 3.63) is 64.4 Å². The van der Waals surface area contributed by atoms with Gasteiger partial charge in [0.25, 0.3) is 5.91 Å². The predicted octanol–water partition coefficient (Wildman–Crippen LogP) is 5.17. The minimum absolute atomic E-state index is 0.101. The molecule has 0 bridgehead atoms. The molecule has 8 heteroatoms. The average molecular weight is 437 g/mol. The third kappa shape index (κ3) is 3.78. The molecule has 2 aliphatic rings. The zero-order chi connectivity index (χ0) is 21.4. The van der Waals surface area contributed by atoms with Gasteiger partial charge in [0.15, 0.2) is 17.5 Å². The lowest BCUT2D eigenvalue weighted by atomic mass is 9.84. The molecule has 158 valence electrons. The van der Waals surface area contributed by atoms with Crippen molar-refractivity contribution in [3.8, 4) is 0 Å². The molecule has 1 saturated carbocycles. The molecule has 30 heavy (non-hydrogen) atoms. The van der Waals surface area contributed by atoms with Gasteiger partial charge in [-0.1, -0.05) is 30.5 Å². The van der Waals surface area contributed by atoms with Crippen LogP contribution in [0.15, 0.2) is 36.4 Å². The van der Waals surface area contributed by atoms with Crippen LogP contribution in [-0.2, 0) is 4.79 Å². The predicted molar refractivity (Wildman–Crippen MR) is 107 cm³/mol. The first-order valence-corrected chi connectivity index (χ1v) is 10.3. The van der Waals surface area contributed by atoms with E-state index in [0.29, 0.717) is 17.0 Å². The number of nitrogens with zero attached hydrogens (tertiary/aromatic N) is 1. The second-order valence-electron chi connectivity index (χ2n) is 7.80. The summed E-state index contributed by atoms with van der Waals surface area (Å²) in [6, 6.07) is 7.28. The van der Waals surface area contributed by atoms with E-state index in [1.165, 1.54) is 0 Å². The fourth-order valence-corrected chi connectivity index (χ4v) is 4.79. The van der Waals surface area contributed by atoms with Crippen molar-refractivity contribution in [1.82, 2.24) is 4.90 Å². The van der Waals surface area contributed by atoms with E-state index in [1.807, 2.05) is 0 Å². The Hall–Kier alpha value is -2.54. The Morgan fingerprint density at radius 3 is 2.57 bits per heavy atom. The van der Waals surface area contributed by atoms with Gasteiger partial charge >= 0.3 is 0 Å². The monoisotopic (exact) mass is 436 g/mol. The molecule has 2 aromatic rings. The van der Waals surface area contributed by atoms with E-state index in [4.69, 9.17) is 11.6 Å². The van der Waals surface area contributed by atoms with Crippen LogP contribution in [0.1, 0.15) is 42.5 Å². The van der Waals surface area contributed by atoms with Gasteiger partial charge in [-0.25, -0.2) is 13.2 Å². The molecule has 1 aliphatic heterocycles. The second-order valence-corrected chi connectivity index (χ2v) is 8.23. The maximum absolute atomic E-state index is 14.0. The minimum atomic E-state index is -1.65. The summed E-state index contributed by atoms with van der Waals surface area (Å²) < 4.78 is 40.8. The van der Waals surface area contributed by atoms with Crippen molar-refractivity contribution in [2.75, 3.05) is 5.32 Å². The third-order valence-electron chi connectivity index (χ3n) is 5.99. The lowest BCUT2D eigenvalue weighted by molar-refractivity contribution is -0.120. The zero-order valence-electron chi connectivity index (χ0n) is 16.0. The summed E-state index contributed by atoms with van der Waals surface area (Å²) in [4.78, 5) is 27.9. The topological polar surface area (TPSA) is 49.4 Å². The van der Waals surface area contributed by atoms with E-state index in [1.54, 1.807) is 29.2 Å². The summed E-state index contributed by atoms with van der Waals surface area (Å²) in [5, 5.41) is 2.74. The Labute approximate surface area is 177 Å². The van der Waals surface area contributed by atoms with Gasteiger partial charge in [-0.3, -0.25) is 9.59 Å². The van der Waals surface area contributed by atoms with E-state index in [9.17, 15) is 22.8 Å². The molecule has 2 fully saturated rings. The van der Waals surface area contributed by atoms with Crippen LogP contribution in [0.4, 0.5) is 18.9 Å². The Morgan fingerprint density at radius 1 is 1.03 bits per heavy atom. The van der Waals surface area contributed by atoms with Crippen molar-refractivity contribution in [2.45, 2.75) is 44.2 Å². The fraction of sp³-hybridized carbons (Fsp3) is 0.364. The SMILES string of the molecule is O=C(Nc1ccc(F)c(F)c1F)[C@@H]1C[C@@H]2CCCC[C@H]2N1C(=O)c1cccc(Cl)c1. The Bertz CT molecular complexity index is 1000. The van der Waals surface area contributed by atoms with Crippen LogP contribution in [0.25, 0.3) is 0 Å². The lowest BCUT2D eigenvalue weighted by Crippen LogP contribution is -2.47. The molecule has 4 rings (SSSR count). The highest BCUT2D eigenvalue weighted by Gasteiger charge is 2.47. The van der Waals surface area contributed by atoms with Gasteiger partial charge in [-0.15, -0.1) is 0 Å². The molecule has 1 N–H and O–H groups in total. The van der Waals surface area contributed by atoms with Crippen molar-refractivity contribution in [2.24, 2.45) is 5.92 Å². The van der Waals surface area contributed by atoms with Crippen molar-refractivity contribution in [3.63, 3.8) is 0 Å². The molecule has 2 aromatic carbocycles. The summed E-state index contributed by atoms with van der Waals surface area (Å²) in [7, 11) is 0. The van der Waals surface area contributed by atoms with Crippen LogP contribution in [0, 0.1) is 23.4 Å². The van der Waals surface area contributed by atoms with Crippen LogP contribution < -0.4 is 5.32 Å². The number of hydrogen-bond acceptors (Lipinski definition) is 2. The smallest absolute Gasteiger partial charge is 0.254 e. The Balaban J connectivity index is 1.63. The first-order chi connectivity index (χ1) is 14.4. The number of carbonyl (C=O) groups is 2. The van der Waals surface area contributed by atoms with Crippen LogP contribution in [-0.4, -0.2) is 28.8 Å². The molecular formula is C22H20ClF3N2O2. The van der Waals surface area contributed by atoms with Crippen molar-refractivity contribution in [1.29, 1.82) is 0 Å². The number of amides is 2. The number of hydrogen-bond donors (Lipinski definition) is 1. The van der Waals surface area contributed by atoms with Crippen molar-refractivity contribution >= 4 is 29.1 Å². The molecule has 0 aromatic heterocycles. The number of rotatable bonds is 3. The number of anilines is 1. The van der Waals surface area contributed by atoms with E-state index < -0.39 is 35.1 Å². The largest absolute Gasteiger partial charge is 0.323 e. The van der Waals surface area contributed by atoms with E-state index in [-0.39, 0.29) is 17.9 Å². The maximum Gasteiger partial charge on any atom is 0.254 e. The quantitative estimate of drug-likeness (QED) is 0.675. The van der Waals surface area contributed by atoms with Crippen LogP contribution in [0.3, 0.4) is 0 Å². The molecule has 1 saturated heterocycles. The molecule has 3 atom stereocenters. The number of halogens is 4. The molecule has 4 nitrogen and oxygen atoms in total. The average Bonchev–Trinajstić information content (AvgIpc) is 3.13. The summed E-state index contributed by atoms with van der Waals surface area (Å²) in [5.74, 6) is -5.24. The van der Waals surface area contributed by atoms with Gasteiger partial charge < -0.3 is 10.2 Å². The van der Waals surface area contributed by atoms with E-state index in [2.05, 4.69) is 5.32 Å². The van der Waals surface area contributed by atoms with E-state index >= 15 is 0 Å². The third-order valence-corrected chi connectivity index (χ3v) is 6.22. The van der Waals surface area contributed by atoms with Gasteiger partial charge in [0.2, 0.25) is 5.91 Å². The number of nitrogens with one attached hydrogen (secondary N) is 1. The fourth-order valence-electron chi connectivity index (χ4n) is 4.60. The van der Waals surface area contributed by atoms with Crippen LogP contribution >= 0.6 is 11.6 Å². The van der Waals surface area contributed by atoms with E-state index in [0.717, 1.165) is 37.8 Å².